The fraction of sp³-hybridized carbons (Fsp3) is 0.346. The molecule has 3 N–H and O–H groups in total. The molecule has 3 atom stereocenters. The van der Waals surface area contributed by atoms with E-state index >= 15 is 0 Å². The second-order valence-corrected chi connectivity index (χ2v) is 10.6. The molecule has 13 heteroatoms. The Labute approximate surface area is 227 Å². The van der Waals surface area contributed by atoms with Gasteiger partial charge < -0.3 is 30.1 Å². The van der Waals surface area contributed by atoms with Crippen molar-refractivity contribution in [1.29, 1.82) is 0 Å². The largest absolute Gasteiger partial charge is 0.481 e. The number of hydrogen-bond acceptors (Lipinski definition) is 10. The van der Waals surface area contributed by atoms with E-state index in [0.717, 1.165) is 10.6 Å². The summed E-state index contributed by atoms with van der Waals surface area (Å²) in [5.41, 5.74) is 3.42. The minimum Gasteiger partial charge on any atom is -0.481 e. The topological polar surface area (TPSA) is 146 Å². The zero-order valence-electron chi connectivity index (χ0n) is 21.0. The van der Waals surface area contributed by atoms with Gasteiger partial charge in [-0.25, -0.2) is 9.78 Å². The number of hydrogen-bond donors (Lipinski definition) is 3. The minimum atomic E-state index is -0.905. The zero-order chi connectivity index (χ0) is 27.1. The van der Waals surface area contributed by atoms with Crippen LogP contribution in [0.2, 0.25) is 0 Å². The van der Waals surface area contributed by atoms with E-state index in [1.807, 2.05) is 29.2 Å². The second kappa shape index (κ2) is 10.2. The number of benzene rings is 1. The first-order valence-electron chi connectivity index (χ1n) is 12.5. The number of aromatic nitrogens is 2. The minimum absolute atomic E-state index is 0.0796. The van der Waals surface area contributed by atoms with Gasteiger partial charge in [0.05, 0.1) is 42.2 Å². The van der Waals surface area contributed by atoms with Gasteiger partial charge in [0, 0.05) is 48.5 Å². The first-order chi connectivity index (χ1) is 18.9. The van der Waals surface area contributed by atoms with Crippen LogP contribution in [-0.4, -0.2) is 84.2 Å². The number of anilines is 3. The van der Waals surface area contributed by atoms with Crippen molar-refractivity contribution in [2.24, 2.45) is 5.92 Å². The molecule has 0 saturated carbocycles. The summed E-state index contributed by atoms with van der Waals surface area (Å²) in [6, 6.07) is 10.5. The van der Waals surface area contributed by atoms with E-state index < -0.39 is 24.1 Å². The van der Waals surface area contributed by atoms with Gasteiger partial charge in [0.25, 0.3) is 0 Å². The maximum absolute atomic E-state index is 12.7. The molecule has 2 saturated heterocycles. The Kier molecular flexibility index (Phi) is 6.61. The van der Waals surface area contributed by atoms with Crippen LogP contribution >= 0.6 is 11.8 Å². The van der Waals surface area contributed by atoms with Crippen molar-refractivity contribution in [2.75, 3.05) is 54.2 Å². The molecule has 3 aromatic rings. The number of cyclic esters (lactones) is 1. The summed E-state index contributed by atoms with van der Waals surface area (Å²) < 4.78 is 10.9. The lowest BCUT2D eigenvalue weighted by molar-refractivity contribution is -0.141. The Morgan fingerprint density at radius 1 is 1.23 bits per heavy atom. The summed E-state index contributed by atoms with van der Waals surface area (Å²) in [6.45, 7) is 1.33. The highest BCUT2D eigenvalue weighted by atomic mass is 32.2. The summed E-state index contributed by atoms with van der Waals surface area (Å²) >= 11 is 1.45. The Balaban J connectivity index is 1.14. The van der Waals surface area contributed by atoms with E-state index in [9.17, 15) is 19.5 Å². The van der Waals surface area contributed by atoms with Crippen LogP contribution in [0.4, 0.5) is 21.9 Å². The number of methoxy groups -OCH3 is 1. The van der Waals surface area contributed by atoms with Crippen LogP contribution in [0.3, 0.4) is 0 Å². The molecule has 5 heterocycles. The lowest BCUT2D eigenvalue weighted by Crippen LogP contribution is -2.43. The number of nitrogens with one attached hydrogen (secondary N) is 2. The summed E-state index contributed by atoms with van der Waals surface area (Å²) in [5, 5.41) is 16.1. The van der Waals surface area contributed by atoms with Crippen molar-refractivity contribution in [3.8, 4) is 5.88 Å². The van der Waals surface area contributed by atoms with Crippen molar-refractivity contribution in [1.82, 2.24) is 15.3 Å². The molecule has 39 heavy (non-hydrogen) atoms. The van der Waals surface area contributed by atoms with Crippen LogP contribution in [0.15, 0.2) is 47.5 Å². The lowest BCUT2D eigenvalue weighted by atomic mass is 10.0. The van der Waals surface area contributed by atoms with Gasteiger partial charge in [0.2, 0.25) is 11.8 Å². The summed E-state index contributed by atoms with van der Waals surface area (Å²) in [6.07, 6.45) is 0.732. The number of aliphatic carboxylic acids is 1. The fourth-order valence-corrected chi connectivity index (χ4v) is 5.97. The molecule has 0 spiro atoms. The SMILES string of the molecule is COc1ccc2nccc(N3C[C@@H](NC[C@@H]4CN(c5ccc6c(c5)NC(=O)CS6)C(=O)O4)[C@H](C(=O)O)C3)c2n1. The number of carboxylic acid groups (broad SMARTS) is 1. The molecule has 2 fully saturated rings. The Morgan fingerprint density at radius 3 is 2.92 bits per heavy atom. The van der Waals surface area contributed by atoms with Gasteiger partial charge in [-0.3, -0.25) is 19.5 Å². The first-order valence-corrected chi connectivity index (χ1v) is 13.4. The second-order valence-electron chi connectivity index (χ2n) is 9.55. The Bertz CT molecular complexity index is 1470. The summed E-state index contributed by atoms with van der Waals surface area (Å²) in [7, 11) is 1.54. The van der Waals surface area contributed by atoms with E-state index in [1.54, 1.807) is 25.4 Å². The number of carbonyl (C=O) groups is 3. The number of pyridine rings is 2. The van der Waals surface area contributed by atoms with Crippen LogP contribution in [0.1, 0.15) is 0 Å². The van der Waals surface area contributed by atoms with E-state index in [-0.39, 0.29) is 11.9 Å². The molecule has 0 radical (unpaired) electrons. The average Bonchev–Trinajstić information content (AvgIpc) is 3.54. The standard InChI is InChI=1S/C26H26N6O6S/c1-37-23-5-3-17-24(30-23)20(6-7-27-17)31-11-16(25(34)35)19(12-31)28-9-15-10-32(26(36)38-15)14-2-4-21-18(8-14)29-22(33)13-39-21/h2-8,15-16,19,28H,9-13H2,1H3,(H,29,33)(H,34,35)/t15-,16-,19-/m1/s1. The van der Waals surface area contributed by atoms with Gasteiger partial charge in [0.15, 0.2) is 0 Å². The molecular formula is C26H26N6O6S. The number of amides is 2. The first kappa shape index (κ1) is 25.2. The molecule has 0 unspecified atom stereocenters. The molecule has 6 rings (SSSR count). The van der Waals surface area contributed by atoms with Gasteiger partial charge in [-0.05, 0) is 30.3 Å². The number of ether oxygens (including phenoxy) is 2. The average molecular weight is 551 g/mol. The van der Waals surface area contributed by atoms with Crippen molar-refractivity contribution in [2.45, 2.75) is 17.0 Å². The van der Waals surface area contributed by atoms with E-state index in [4.69, 9.17) is 9.47 Å². The number of fused-ring (bicyclic) bond motifs is 2. The number of nitrogens with zero attached hydrogens (tertiary/aromatic N) is 4. The van der Waals surface area contributed by atoms with Gasteiger partial charge in [0.1, 0.15) is 11.6 Å². The Morgan fingerprint density at radius 2 is 2.10 bits per heavy atom. The van der Waals surface area contributed by atoms with Crippen LogP contribution in [0, 0.1) is 5.92 Å². The van der Waals surface area contributed by atoms with Crippen molar-refractivity contribution in [3.05, 3.63) is 42.6 Å². The highest BCUT2D eigenvalue weighted by Crippen LogP contribution is 2.36. The van der Waals surface area contributed by atoms with Crippen molar-refractivity contribution < 1.29 is 29.0 Å². The number of carboxylic acids is 1. The molecule has 2 amide bonds. The lowest BCUT2D eigenvalue weighted by Gasteiger charge is -2.21. The van der Waals surface area contributed by atoms with E-state index in [2.05, 4.69) is 20.6 Å². The third-order valence-electron chi connectivity index (χ3n) is 7.11. The highest BCUT2D eigenvalue weighted by Gasteiger charge is 2.40. The van der Waals surface area contributed by atoms with Crippen molar-refractivity contribution in [3.63, 3.8) is 0 Å². The van der Waals surface area contributed by atoms with E-state index in [1.165, 1.54) is 16.7 Å². The predicted molar refractivity (Wildman–Crippen MR) is 145 cm³/mol. The number of rotatable bonds is 7. The molecule has 202 valence electrons. The summed E-state index contributed by atoms with van der Waals surface area (Å²) in [4.78, 5) is 49.9. The van der Waals surface area contributed by atoms with E-state index in [0.29, 0.717) is 60.2 Å². The van der Waals surface area contributed by atoms with Crippen LogP contribution in [0.5, 0.6) is 5.88 Å². The van der Waals surface area contributed by atoms with Crippen LogP contribution < -0.4 is 25.2 Å². The van der Waals surface area contributed by atoms with Crippen LogP contribution in [-0.2, 0) is 14.3 Å². The zero-order valence-corrected chi connectivity index (χ0v) is 21.8. The van der Waals surface area contributed by atoms with Gasteiger partial charge in [-0.15, -0.1) is 11.8 Å². The molecule has 12 nitrogen and oxygen atoms in total. The molecule has 0 aliphatic carbocycles. The van der Waals surface area contributed by atoms with Gasteiger partial charge in [-0.1, -0.05) is 0 Å². The highest BCUT2D eigenvalue weighted by molar-refractivity contribution is 8.00. The summed E-state index contributed by atoms with van der Waals surface area (Å²) in [5.74, 6) is -0.840. The number of carbonyl (C=O) groups excluding carboxylic acids is 2. The molecule has 3 aliphatic rings. The molecule has 1 aromatic carbocycles. The molecular weight excluding hydrogens is 524 g/mol. The predicted octanol–water partition coefficient (Wildman–Crippen LogP) is 2.19. The van der Waals surface area contributed by atoms with Crippen molar-refractivity contribution >= 4 is 57.8 Å². The Hall–Kier alpha value is -4.10. The monoisotopic (exact) mass is 550 g/mol. The third-order valence-corrected chi connectivity index (χ3v) is 8.19. The maximum Gasteiger partial charge on any atom is 0.414 e. The van der Waals surface area contributed by atoms with Gasteiger partial charge in [-0.2, -0.15) is 0 Å². The van der Waals surface area contributed by atoms with Crippen LogP contribution in [0.25, 0.3) is 11.0 Å². The fourth-order valence-electron chi connectivity index (χ4n) is 5.18. The smallest absolute Gasteiger partial charge is 0.414 e. The normalized spacial score (nSPS) is 22.5. The quantitative estimate of drug-likeness (QED) is 0.398. The van der Waals surface area contributed by atoms with Gasteiger partial charge >= 0.3 is 12.1 Å². The molecule has 2 aromatic heterocycles. The third kappa shape index (κ3) is 4.90. The maximum atomic E-state index is 12.7. The molecule has 3 aliphatic heterocycles. The number of thioether (sulfide) groups is 1. The molecule has 0 bridgehead atoms.